The molecule has 1 saturated heterocycles. The average molecular weight is 132 g/mol. The van der Waals surface area contributed by atoms with Gasteiger partial charge in [-0.3, -0.25) is 0 Å². The fraction of sp³-hybridized carbons (Fsp3) is 0.833. The number of carbonyl (C=O) groups is 1. The van der Waals surface area contributed by atoms with Crippen LogP contribution in [0.3, 0.4) is 0 Å². The van der Waals surface area contributed by atoms with Crippen molar-refractivity contribution in [2.24, 2.45) is 0 Å². The molecule has 3 nitrogen and oxygen atoms in total. The third-order valence-corrected chi connectivity index (χ3v) is 0.539. The van der Waals surface area contributed by atoms with Gasteiger partial charge < -0.3 is 14.3 Å². The number of carbonyl (C=O) groups excluding carboxylic acids is 1. The molecule has 3 heteroatoms. The van der Waals surface area contributed by atoms with E-state index in [0.717, 1.165) is 13.2 Å². The highest BCUT2D eigenvalue weighted by molar-refractivity contribution is 5.72. The molecule has 0 amide bonds. The third kappa shape index (κ3) is 11.3. The van der Waals surface area contributed by atoms with Crippen molar-refractivity contribution in [1.29, 1.82) is 0 Å². The van der Waals surface area contributed by atoms with E-state index in [1.165, 1.54) is 13.8 Å². The Morgan fingerprint density at radius 3 is 1.67 bits per heavy atom. The number of ketones is 1. The lowest BCUT2D eigenvalue weighted by Gasteiger charge is -1.76. The molecule has 0 N–H and O–H groups in total. The maximum absolute atomic E-state index is 9.44. The van der Waals surface area contributed by atoms with Gasteiger partial charge >= 0.3 is 0 Å². The third-order valence-electron chi connectivity index (χ3n) is 0.539. The molecule has 9 heavy (non-hydrogen) atoms. The molecule has 0 atom stereocenters. The lowest BCUT2D eigenvalue weighted by Crippen LogP contribution is -1.79. The van der Waals surface area contributed by atoms with Crippen molar-refractivity contribution in [3.05, 3.63) is 0 Å². The van der Waals surface area contributed by atoms with E-state index in [0.29, 0.717) is 6.79 Å². The molecule has 0 saturated carbocycles. The standard InChI is InChI=1S/C3H6O2.C3H6O/c1-2-5-3-4-1;1-3(2)4/h1-3H2;1-2H3. The Bertz CT molecular complexity index is 64.8. The number of Topliss-reactive ketones (excluding diaryl/α,β-unsaturated/α-hetero) is 1. The van der Waals surface area contributed by atoms with Crippen LogP contribution >= 0.6 is 0 Å². The van der Waals surface area contributed by atoms with Crippen LogP contribution in [0.5, 0.6) is 0 Å². The molecule has 0 aromatic carbocycles. The van der Waals surface area contributed by atoms with Crippen LogP contribution in [0.25, 0.3) is 0 Å². The van der Waals surface area contributed by atoms with E-state index in [9.17, 15) is 4.79 Å². The highest BCUT2D eigenvalue weighted by atomic mass is 16.7. The Kier molecular flexibility index (Phi) is 5.46. The van der Waals surface area contributed by atoms with Crippen molar-refractivity contribution in [2.75, 3.05) is 20.0 Å². The van der Waals surface area contributed by atoms with E-state index in [4.69, 9.17) is 9.47 Å². The molecule has 0 bridgehead atoms. The minimum Gasteiger partial charge on any atom is -0.353 e. The minimum absolute atomic E-state index is 0.167. The van der Waals surface area contributed by atoms with Crippen molar-refractivity contribution >= 4 is 5.78 Å². The van der Waals surface area contributed by atoms with Gasteiger partial charge in [-0.2, -0.15) is 0 Å². The second kappa shape index (κ2) is 5.72. The van der Waals surface area contributed by atoms with E-state index in [-0.39, 0.29) is 5.78 Å². The number of hydrogen-bond acceptors (Lipinski definition) is 3. The number of ether oxygens (including phenoxy) is 2. The summed E-state index contributed by atoms with van der Waals surface area (Å²) >= 11 is 0. The van der Waals surface area contributed by atoms with Crippen LogP contribution in [0.1, 0.15) is 13.8 Å². The fourth-order valence-corrected chi connectivity index (χ4v) is 0.295. The lowest BCUT2D eigenvalue weighted by atomic mass is 10.6. The van der Waals surface area contributed by atoms with E-state index >= 15 is 0 Å². The van der Waals surface area contributed by atoms with Crippen molar-refractivity contribution in [3.8, 4) is 0 Å². The summed E-state index contributed by atoms with van der Waals surface area (Å²) in [5, 5.41) is 0. The summed E-state index contributed by atoms with van der Waals surface area (Å²) in [6, 6.07) is 0. The Labute approximate surface area is 55.0 Å². The van der Waals surface area contributed by atoms with Crippen molar-refractivity contribution in [1.82, 2.24) is 0 Å². The lowest BCUT2D eigenvalue weighted by molar-refractivity contribution is -0.114. The zero-order valence-corrected chi connectivity index (χ0v) is 5.85. The highest BCUT2D eigenvalue weighted by Gasteiger charge is 1.93. The topological polar surface area (TPSA) is 35.5 Å². The van der Waals surface area contributed by atoms with Crippen LogP contribution in [0.4, 0.5) is 0 Å². The molecule has 1 aliphatic rings. The van der Waals surface area contributed by atoms with Gasteiger partial charge in [0.2, 0.25) is 0 Å². The van der Waals surface area contributed by atoms with Crippen LogP contribution in [-0.4, -0.2) is 25.8 Å². The smallest absolute Gasteiger partial charge is 0.146 e. The van der Waals surface area contributed by atoms with Crippen LogP contribution in [-0.2, 0) is 14.3 Å². The van der Waals surface area contributed by atoms with Crippen LogP contribution in [0, 0.1) is 0 Å². The second-order valence-corrected chi connectivity index (χ2v) is 1.84. The van der Waals surface area contributed by atoms with E-state index in [1.807, 2.05) is 0 Å². The van der Waals surface area contributed by atoms with Crippen molar-refractivity contribution < 1.29 is 14.3 Å². The van der Waals surface area contributed by atoms with Gasteiger partial charge in [-0.05, 0) is 13.8 Å². The molecule has 1 heterocycles. The highest BCUT2D eigenvalue weighted by Crippen LogP contribution is 1.85. The van der Waals surface area contributed by atoms with Crippen molar-refractivity contribution in [2.45, 2.75) is 13.8 Å². The summed E-state index contributed by atoms with van der Waals surface area (Å²) in [5.41, 5.74) is 0. The maximum atomic E-state index is 9.44. The summed E-state index contributed by atoms with van der Waals surface area (Å²) in [5.74, 6) is 0.167. The molecule has 0 unspecified atom stereocenters. The van der Waals surface area contributed by atoms with Crippen LogP contribution in [0.2, 0.25) is 0 Å². The van der Waals surface area contributed by atoms with Crippen LogP contribution in [0.15, 0.2) is 0 Å². The number of rotatable bonds is 0. The first kappa shape index (κ1) is 8.59. The van der Waals surface area contributed by atoms with Crippen molar-refractivity contribution in [3.63, 3.8) is 0 Å². The summed E-state index contributed by atoms with van der Waals surface area (Å²) in [6.07, 6.45) is 0. The van der Waals surface area contributed by atoms with Gasteiger partial charge in [-0.15, -0.1) is 0 Å². The van der Waals surface area contributed by atoms with Gasteiger partial charge in [0.15, 0.2) is 0 Å². The summed E-state index contributed by atoms with van der Waals surface area (Å²) < 4.78 is 9.44. The molecule has 0 spiro atoms. The summed E-state index contributed by atoms with van der Waals surface area (Å²) in [6.45, 7) is 5.11. The Hall–Kier alpha value is -0.410. The summed E-state index contributed by atoms with van der Waals surface area (Å²) in [7, 11) is 0. The average Bonchev–Trinajstić information content (AvgIpc) is 2.11. The first-order chi connectivity index (χ1) is 4.23. The first-order valence-corrected chi connectivity index (χ1v) is 2.86. The molecule has 0 aliphatic carbocycles. The molecule has 0 aromatic heterocycles. The van der Waals surface area contributed by atoms with E-state index < -0.39 is 0 Å². The molecule has 1 aliphatic heterocycles. The van der Waals surface area contributed by atoms with E-state index in [2.05, 4.69) is 0 Å². The second-order valence-electron chi connectivity index (χ2n) is 1.84. The van der Waals surface area contributed by atoms with Gasteiger partial charge in [0, 0.05) is 0 Å². The van der Waals surface area contributed by atoms with Gasteiger partial charge in [0.05, 0.1) is 13.2 Å². The molecular weight excluding hydrogens is 120 g/mol. The fourth-order valence-electron chi connectivity index (χ4n) is 0.295. The van der Waals surface area contributed by atoms with Gasteiger partial charge in [0.25, 0.3) is 0 Å². The maximum Gasteiger partial charge on any atom is 0.146 e. The molecular formula is C6H12O3. The zero-order valence-electron chi connectivity index (χ0n) is 5.85. The first-order valence-electron chi connectivity index (χ1n) is 2.86. The Balaban J connectivity index is 0.000000148. The predicted molar refractivity (Wildman–Crippen MR) is 33.1 cm³/mol. The Morgan fingerprint density at radius 2 is 1.56 bits per heavy atom. The quantitative estimate of drug-likeness (QED) is 0.483. The van der Waals surface area contributed by atoms with Gasteiger partial charge in [-0.1, -0.05) is 0 Å². The SMILES string of the molecule is C1COCO1.CC(C)=O. The number of hydrogen-bond donors (Lipinski definition) is 0. The van der Waals surface area contributed by atoms with E-state index in [1.54, 1.807) is 0 Å². The normalized spacial score (nSPS) is 16.2. The minimum atomic E-state index is 0.167. The Morgan fingerprint density at radius 1 is 1.22 bits per heavy atom. The monoisotopic (exact) mass is 132 g/mol. The van der Waals surface area contributed by atoms with Gasteiger partial charge in [-0.25, -0.2) is 0 Å². The molecule has 0 radical (unpaired) electrons. The molecule has 1 fully saturated rings. The van der Waals surface area contributed by atoms with Crippen LogP contribution < -0.4 is 0 Å². The zero-order chi connectivity index (χ0) is 7.11. The molecule has 1 rings (SSSR count). The largest absolute Gasteiger partial charge is 0.353 e. The molecule has 0 aromatic rings. The summed E-state index contributed by atoms with van der Waals surface area (Å²) in [4.78, 5) is 9.44. The predicted octanol–water partition coefficient (Wildman–Crippen LogP) is 0.586. The molecule has 54 valence electrons. The van der Waals surface area contributed by atoms with Gasteiger partial charge in [0.1, 0.15) is 12.6 Å².